The fourth-order valence-corrected chi connectivity index (χ4v) is 3.36. The fourth-order valence-electron chi connectivity index (χ4n) is 0.787. The molecule has 0 bridgehead atoms. The van der Waals surface area contributed by atoms with Crippen LogP contribution in [0.15, 0.2) is 15.0 Å². The molecule has 1 saturated heterocycles. The van der Waals surface area contributed by atoms with Crippen molar-refractivity contribution in [2.24, 2.45) is 5.11 Å². The van der Waals surface area contributed by atoms with Crippen LogP contribution in [0.25, 0.3) is 10.4 Å². The van der Waals surface area contributed by atoms with Crippen LogP contribution in [0.3, 0.4) is 0 Å². The van der Waals surface area contributed by atoms with Gasteiger partial charge in [-0.25, -0.2) is 0 Å². The van der Waals surface area contributed by atoms with Gasteiger partial charge in [-0.3, -0.25) is 0 Å². The normalized spacial score (nSPS) is 16.3. The summed E-state index contributed by atoms with van der Waals surface area (Å²) in [7, 11) is 0. The highest BCUT2D eigenvalue weighted by Crippen LogP contribution is 2.39. The first-order chi connectivity index (χ1) is 5.38. The van der Waals surface area contributed by atoms with E-state index < -0.39 is 0 Å². The van der Waals surface area contributed by atoms with E-state index in [2.05, 4.69) is 10.0 Å². The summed E-state index contributed by atoms with van der Waals surface area (Å²) in [6.07, 6.45) is 0.833. The minimum atomic E-state index is 0.833. The minimum absolute atomic E-state index is 0.833. The predicted molar refractivity (Wildman–Crippen MR) is 51.4 cm³/mol. The monoisotopic (exact) mass is 187 g/mol. The molecule has 1 aliphatic rings. The Bertz CT molecular complexity index is 210. The van der Waals surface area contributed by atoms with Crippen LogP contribution in [0, 0.1) is 0 Å². The van der Waals surface area contributed by atoms with Crippen LogP contribution in [0.4, 0.5) is 0 Å². The third-order valence-corrected chi connectivity index (χ3v) is 4.06. The molecule has 1 fully saturated rings. The lowest BCUT2D eigenvalue weighted by atomic mass is 10.4. The average molecular weight is 187 g/mol. The molecular formula is C6H9N3S2. The summed E-state index contributed by atoms with van der Waals surface area (Å²) in [5.41, 5.74) is 9.14. The SMILES string of the molecule is CCC(N=[N+]=[N-])=C1SCCS1. The Morgan fingerprint density at radius 2 is 2.27 bits per heavy atom. The van der Waals surface area contributed by atoms with Crippen LogP contribution in [0.2, 0.25) is 0 Å². The number of hydrogen-bond donors (Lipinski definition) is 0. The van der Waals surface area contributed by atoms with Gasteiger partial charge in [0.2, 0.25) is 0 Å². The van der Waals surface area contributed by atoms with Gasteiger partial charge < -0.3 is 0 Å². The molecule has 0 aromatic heterocycles. The summed E-state index contributed by atoms with van der Waals surface area (Å²) in [6, 6.07) is 0. The molecule has 0 aromatic rings. The standard InChI is InChI=1S/C6H9N3S2/c1-2-5(8-9-7)6-10-3-4-11-6/h2-4H2,1H3. The molecule has 0 aromatic carbocycles. The van der Waals surface area contributed by atoms with Gasteiger partial charge >= 0.3 is 0 Å². The zero-order valence-electron chi connectivity index (χ0n) is 6.28. The zero-order valence-corrected chi connectivity index (χ0v) is 7.91. The van der Waals surface area contributed by atoms with Crippen LogP contribution in [0.5, 0.6) is 0 Å². The zero-order chi connectivity index (χ0) is 8.10. The maximum absolute atomic E-state index is 8.23. The second kappa shape index (κ2) is 4.59. The number of allylic oxidation sites excluding steroid dienone is 1. The molecule has 1 heterocycles. The molecule has 0 amide bonds. The van der Waals surface area contributed by atoms with Crippen molar-refractivity contribution in [1.82, 2.24) is 0 Å². The second-order valence-corrected chi connectivity index (χ2v) is 4.44. The van der Waals surface area contributed by atoms with Crippen molar-refractivity contribution in [2.75, 3.05) is 11.5 Å². The van der Waals surface area contributed by atoms with Gasteiger partial charge in [0.05, 0.1) is 0 Å². The predicted octanol–water partition coefficient (Wildman–Crippen LogP) is 3.36. The van der Waals surface area contributed by atoms with Crippen molar-refractivity contribution in [1.29, 1.82) is 0 Å². The highest BCUT2D eigenvalue weighted by molar-refractivity contribution is 8.25. The van der Waals surface area contributed by atoms with E-state index in [1.165, 1.54) is 4.24 Å². The number of nitrogens with zero attached hydrogens (tertiary/aromatic N) is 3. The first kappa shape index (κ1) is 8.84. The van der Waals surface area contributed by atoms with Crippen LogP contribution in [-0.4, -0.2) is 11.5 Å². The third-order valence-electron chi connectivity index (χ3n) is 1.29. The van der Waals surface area contributed by atoms with E-state index in [-0.39, 0.29) is 0 Å². The Morgan fingerprint density at radius 1 is 1.64 bits per heavy atom. The van der Waals surface area contributed by atoms with Crippen molar-refractivity contribution in [3.05, 3.63) is 20.4 Å². The van der Waals surface area contributed by atoms with Crippen molar-refractivity contribution in [3.8, 4) is 0 Å². The molecule has 3 nitrogen and oxygen atoms in total. The Balaban J connectivity index is 2.78. The Labute approximate surface area is 74.2 Å². The lowest BCUT2D eigenvalue weighted by molar-refractivity contribution is 1.06. The smallest absolute Gasteiger partial charge is 0.0456 e. The fraction of sp³-hybridized carbons (Fsp3) is 0.667. The molecule has 0 saturated carbocycles. The molecule has 0 spiro atoms. The minimum Gasteiger partial charge on any atom is -0.118 e. The summed E-state index contributed by atoms with van der Waals surface area (Å²) in [4.78, 5) is 2.79. The quantitative estimate of drug-likeness (QED) is 0.378. The van der Waals surface area contributed by atoms with Crippen molar-refractivity contribution in [3.63, 3.8) is 0 Å². The first-order valence-electron chi connectivity index (χ1n) is 3.42. The molecule has 1 rings (SSSR count). The van der Waals surface area contributed by atoms with Crippen LogP contribution >= 0.6 is 23.5 Å². The van der Waals surface area contributed by atoms with E-state index in [0.717, 1.165) is 23.6 Å². The second-order valence-electron chi connectivity index (χ2n) is 1.97. The number of hydrogen-bond acceptors (Lipinski definition) is 3. The first-order valence-corrected chi connectivity index (χ1v) is 5.39. The van der Waals surface area contributed by atoms with E-state index in [1.54, 1.807) is 23.5 Å². The van der Waals surface area contributed by atoms with Crippen molar-refractivity contribution >= 4 is 23.5 Å². The van der Waals surface area contributed by atoms with E-state index in [1.807, 2.05) is 6.92 Å². The molecular weight excluding hydrogens is 178 g/mol. The number of rotatable bonds is 2. The van der Waals surface area contributed by atoms with Gasteiger partial charge in [-0.05, 0) is 12.0 Å². The number of azide groups is 1. The van der Waals surface area contributed by atoms with Gasteiger partial charge in [-0.2, -0.15) is 0 Å². The maximum atomic E-state index is 8.23. The van der Waals surface area contributed by atoms with E-state index in [9.17, 15) is 0 Å². The maximum Gasteiger partial charge on any atom is 0.0456 e. The molecule has 0 aliphatic carbocycles. The Hall–Kier alpha value is -0.250. The van der Waals surface area contributed by atoms with E-state index in [0.29, 0.717) is 0 Å². The number of thioether (sulfide) groups is 2. The van der Waals surface area contributed by atoms with Crippen molar-refractivity contribution < 1.29 is 0 Å². The van der Waals surface area contributed by atoms with Gasteiger partial charge in [0.1, 0.15) is 0 Å². The van der Waals surface area contributed by atoms with Gasteiger partial charge in [-0.1, -0.05) is 12.0 Å². The van der Waals surface area contributed by atoms with E-state index in [4.69, 9.17) is 5.53 Å². The molecule has 0 radical (unpaired) electrons. The van der Waals surface area contributed by atoms with Crippen LogP contribution in [0.1, 0.15) is 13.3 Å². The van der Waals surface area contributed by atoms with E-state index >= 15 is 0 Å². The lowest BCUT2D eigenvalue weighted by Crippen LogP contribution is -1.74. The molecule has 5 heteroatoms. The van der Waals surface area contributed by atoms with Gasteiger partial charge in [-0.15, -0.1) is 23.5 Å². The van der Waals surface area contributed by atoms with Crippen molar-refractivity contribution in [2.45, 2.75) is 13.3 Å². The Morgan fingerprint density at radius 3 is 2.73 bits per heavy atom. The molecule has 0 unspecified atom stereocenters. The summed E-state index contributed by atoms with van der Waals surface area (Å²) in [5.74, 6) is 2.29. The van der Waals surface area contributed by atoms with Crippen LogP contribution < -0.4 is 0 Å². The van der Waals surface area contributed by atoms with Gasteiger partial charge in [0.15, 0.2) is 0 Å². The Kier molecular flexibility index (Phi) is 3.69. The van der Waals surface area contributed by atoms with Gasteiger partial charge in [0.25, 0.3) is 0 Å². The summed E-state index contributed by atoms with van der Waals surface area (Å²) in [5, 5.41) is 3.64. The highest BCUT2D eigenvalue weighted by Gasteiger charge is 2.11. The largest absolute Gasteiger partial charge is 0.118 e. The van der Waals surface area contributed by atoms with Gasteiger partial charge in [0, 0.05) is 26.4 Å². The molecule has 0 N–H and O–H groups in total. The summed E-state index contributed by atoms with van der Waals surface area (Å²) >= 11 is 3.59. The topological polar surface area (TPSA) is 48.8 Å². The average Bonchev–Trinajstić information content (AvgIpc) is 2.52. The third kappa shape index (κ3) is 2.36. The molecule has 1 aliphatic heterocycles. The van der Waals surface area contributed by atoms with Crippen LogP contribution in [-0.2, 0) is 0 Å². The summed E-state index contributed by atoms with van der Waals surface area (Å²) < 4.78 is 1.21. The molecule has 11 heavy (non-hydrogen) atoms. The summed E-state index contributed by atoms with van der Waals surface area (Å²) in [6.45, 7) is 2.01. The highest BCUT2D eigenvalue weighted by atomic mass is 32.2. The lowest BCUT2D eigenvalue weighted by Gasteiger charge is -1.98. The molecule has 0 atom stereocenters. The molecule has 60 valence electrons.